The van der Waals surface area contributed by atoms with E-state index in [0.717, 1.165) is 33.7 Å². The van der Waals surface area contributed by atoms with Crippen molar-refractivity contribution in [2.45, 2.75) is 13.8 Å². The Bertz CT molecular complexity index is 1020. The monoisotopic (exact) mass is 336 g/mol. The van der Waals surface area contributed by atoms with Crippen LogP contribution in [0.1, 0.15) is 30.5 Å². The average molecular weight is 336 g/mol. The summed E-state index contributed by atoms with van der Waals surface area (Å²) in [5.74, 6) is 0. The number of hydrogen-bond acceptors (Lipinski definition) is 2. The predicted octanol–water partition coefficient (Wildman–Crippen LogP) is 7.04. The van der Waals surface area contributed by atoms with E-state index in [2.05, 4.69) is 84.7 Å². The molecule has 0 aliphatic carbocycles. The average Bonchev–Trinajstić information content (AvgIpc) is 2.86. The van der Waals surface area contributed by atoms with E-state index in [0.29, 0.717) is 0 Å². The van der Waals surface area contributed by atoms with Gasteiger partial charge in [0.2, 0.25) is 0 Å². The van der Waals surface area contributed by atoms with Crippen molar-refractivity contribution in [1.29, 1.82) is 0 Å². The van der Waals surface area contributed by atoms with Crippen molar-refractivity contribution in [1.82, 2.24) is 0 Å². The maximum atomic E-state index is 4.64. The van der Waals surface area contributed by atoms with Crippen molar-refractivity contribution >= 4 is 16.8 Å². The molecule has 2 nitrogen and oxygen atoms in total. The standard InChI is InChI=1S/C24H20N2/c1-17(2)24-23(19-13-7-4-8-14-19)22(18-11-5-3-6-12-18)20-15-9-10-16-21(20)25-26-24/h3-16H,1-2H3. The Labute approximate surface area is 154 Å². The maximum absolute atomic E-state index is 4.64. The molecule has 0 N–H and O–H groups in total. The van der Waals surface area contributed by atoms with Crippen LogP contribution >= 0.6 is 0 Å². The van der Waals surface area contributed by atoms with Crippen LogP contribution in [0.3, 0.4) is 0 Å². The van der Waals surface area contributed by atoms with Gasteiger partial charge < -0.3 is 0 Å². The molecule has 0 fully saturated rings. The Kier molecular flexibility index (Phi) is 4.32. The SMILES string of the molecule is CC(C)=C1N=Nc2ccccc2C(c2ccccc2)=C1c1ccccc1. The molecule has 3 aromatic carbocycles. The third kappa shape index (κ3) is 2.91. The van der Waals surface area contributed by atoms with Crippen LogP contribution < -0.4 is 0 Å². The Hall–Kier alpha value is -3.26. The van der Waals surface area contributed by atoms with Crippen LogP contribution in [-0.2, 0) is 0 Å². The van der Waals surface area contributed by atoms with Crippen LogP contribution in [0, 0.1) is 0 Å². The van der Waals surface area contributed by atoms with Crippen molar-refractivity contribution < 1.29 is 0 Å². The minimum absolute atomic E-state index is 0.899. The third-order valence-electron chi connectivity index (χ3n) is 4.52. The molecule has 0 saturated carbocycles. The van der Waals surface area contributed by atoms with Gasteiger partial charge in [0.05, 0.1) is 11.4 Å². The smallest absolute Gasteiger partial charge is 0.0935 e. The first-order valence-electron chi connectivity index (χ1n) is 8.80. The number of hydrogen-bond donors (Lipinski definition) is 0. The summed E-state index contributed by atoms with van der Waals surface area (Å²) in [7, 11) is 0. The lowest BCUT2D eigenvalue weighted by Gasteiger charge is -2.17. The van der Waals surface area contributed by atoms with Gasteiger partial charge in [0.15, 0.2) is 0 Å². The summed E-state index contributed by atoms with van der Waals surface area (Å²) in [4.78, 5) is 0. The molecular formula is C24H20N2. The van der Waals surface area contributed by atoms with E-state index in [1.165, 1.54) is 11.1 Å². The highest BCUT2D eigenvalue weighted by molar-refractivity contribution is 6.06. The van der Waals surface area contributed by atoms with Gasteiger partial charge in [-0.3, -0.25) is 0 Å². The van der Waals surface area contributed by atoms with Gasteiger partial charge in [-0.05, 0) is 36.6 Å². The summed E-state index contributed by atoms with van der Waals surface area (Å²) < 4.78 is 0. The largest absolute Gasteiger partial charge is 0.150 e. The van der Waals surface area contributed by atoms with Gasteiger partial charge in [0.1, 0.15) is 0 Å². The molecule has 0 amide bonds. The maximum Gasteiger partial charge on any atom is 0.0935 e. The highest BCUT2D eigenvalue weighted by Crippen LogP contribution is 2.44. The van der Waals surface area contributed by atoms with Crippen molar-refractivity contribution in [3.05, 3.63) is 113 Å². The van der Waals surface area contributed by atoms with Crippen molar-refractivity contribution in [2.75, 3.05) is 0 Å². The number of rotatable bonds is 2. The van der Waals surface area contributed by atoms with E-state index in [-0.39, 0.29) is 0 Å². The quantitative estimate of drug-likeness (QED) is 0.479. The number of nitrogens with zero attached hydrogens (tertiary/aromatic N) is 2. The van der Waals surface area contributed by atoms with E-state index in [4.69, 9.17) is 0 Å². The van der Waals surface area contributed by atoms with Gasteiger partial charge in [0, 0.05) is 16.7 Å². The zero-order valence-electron chi connectivity index (χ0n) is 15.0. The van der Waals surface area contributed by atoms with Gasteiger partial charge in [-0.15, -0.1) is 10.2 Å². The normalized spacial score (nSPS) is 13.4. The first-order chi connectivity index (χ1) is 12.8. The molecule has 2 heteroatoms. The van der Waals surface area contributed by atoms with E-state index < -0.39 is 0 Å². The lowest BCUT2D eigenvalue weighted by atomic mass is 9.86. The molecule has 0 spiro atoms. The van der Waals surface area contributed by atoms with E-state index in [9.17, 15) is 0 Å². The predicted molar refractivity (Wildman–Crippen MR) is 108 cm³/mol. The lowest BCUT2D eigenvalue weighted by molar-refractivity contribution is 1.14. The summed E-state index contributed by atoms with van der Waals surface area (Å²) in [5.41, 5.74) is 8.72. The second-order valence-electron chi connectivity index (χ2n) is 6.55. The zero-order chi connectivity index (χ0) is 17.9. The lowest BCUT2D eigenvalue weighted by Crippen LogP contribution is -1.97. The van der Waals surface area contributed by atoms with E-state index in [1.807, 2.05) is 24.3 Å². The first-order valence-corrected chi connectivity index (χ1v) is 8.80. The highest BCUT2D eigenvalue weighted by Gasteiger charge is 2.22. The number of allylic oxidation sites excluding steroid dienone is 2. The van der Waals surface area contributed by atoms with Crippen LogP contribution in [0.15, 0.2) is 106 Å². The second-order valence-corrected chi connectivity index (χ2v) is 6.55. The molecule has 0 radical (unpaired) electrons. The molecule has 1 aliphatic heterocycles. The summed E-state index contributed by atoms with van der Waals surface area (Å²) in [6.07, 6.45) is 0. The van der Waals surface area contributed by atoms with Crippen LogP contribution in [0.25, 0.3) is 11.1 Å². The van der Waals surface area contributed by atoms with Gasteiger partial charge in [-0.2, -0.15) is 0 Å². The van der Waals surface area contributed by atoms with Gasteiger partial charge in [-0.25, -0.2) is 0 Å². The van der Waals surface area contributed by atoms with E-state index in [1.54, 1.807) is 0 Å². The molecule has 1 heterocycles. The number of benzene rings is 3. The molecule has 126 valence electrons. The fourth-order valence-electron chi connectivity index (χ4n) is 3.32. The van der Waals surface area contributed by atoms with Crippen molar-refractivity contribution in [2.24, 2.45) is 10.2 Å². The topological polar surface area (TPSA) is 24.7 Å². The highest BCUT2D eigenvalue weighted by atomic mass is 15.1. The fourth-order valence-corrected chi connectivity index (χ4v) is 3.32. The van der Waals surface area contributed by atoms with Gasteiger partial charge in [-0.1, -0.05) is 78.9 Å². The fraction of sp³-hybridized carbons (Fsp3) is 0.0833. The van der Waals surface area contributed by atoms with Crippen LogP contribution in [0.4, 0.5) is 5.69 Å². The Morgan fingerprint density at radius 2 is 1.12 bits per heavy atom. The number of fused-ring (bicyclic) bond motifs is 1. The van der Waals surface area contributed by atoms with E-state index >= 15 is 0 Å². The molecule has 1 aliphatic rings. The second kappa shape index (κ2) is 6.93. The molecule has 0 aromatic heterocycles. The van der Waals surface area contributed by atoms with Gasteiger partial charge >= 0.3 is 0 Å². The molecule has 0 atom stereocenters. The third-order valence-corrected chi connectivity index (χ3v) is 4.52. The molecule has 0 saturated heterocycles. The summed E-state index contributed by atoms with van der Waals surface area (Å²) in [5, 5.41) is 9.21. The van der Waals surface area contributed by atoms with Crippen molar-refractivity contribution in [3.8, 4) is 0 Å². The molecule has 0 unspecified atom stereocenters. The minimum Gasteiger partial charge on any atom is -0.150 e. The molecular weight excluding hydrogens is 316 g/mol. The van der Waals surface area contributed by atoms with Gasteiger partial charge in [0.25, 0.3) is 0 Å². The van der Waals surface area contributed by atoms with Crippen LogP contribution in [0.2, 0.25) is 0 Å². The summed E-state index contributed by atoms with van der Waals surface area (Å²) >= 11 is 0. The minimum atomic E-state index is 0.899. The Morgan fingerprint density at radius 3 is 1.73 bits per heavy atom. The van der Waals surface area contributed by atoms with Crippen molar-refractivity contribution in [3.63, 3.8) is 0 Å². The first kappa shape index (κ1) is 16.2. The van der Waals surface area contributed by atoms with Crippen LogP contribution in [0.5, 0.6) is 0 Å². The summed E-state index contributed by atoms with van der Waals surface area (Å²) in [6, 6.07) is 29.2. The summed E-state index contributed by atoms with van der Waals surface area (Å²) in [6.45, 7) is 4.19. The van der Waals surface area contributed by atoms with Crippen LogP contribution in [-0.4, -0.2) is 0 Å². The molecule has 3 aromatic rings. The number of azo groups is 1. The molecule has 4 rings (SSSR count). The molecule has 0 bridgehead atoms. The zero-order valence-corrected chi connectivity index (χ0v) is 15.0. The molecule has 26 heavy (non-hydrogen) atoms. The Morgan fingerprint density at radius 1 is 0.577 bits per heavy atom. The Balaban J connectivity index is 2.17.